The lowest BCUT2D eigenvalue weighted by Crippen LogP contribution is -2.25. The van der Waals surface area contributed by atoms with Crippen LogP contribution < -0.4 is 11.1 Å². The molecule has 2 rings (SSSR count). The number of nitrogens with one attached hydrogen (secondary N) is 1. The van der Waals surface area contributed by atoms with Gasteiger partial charge in [-0.2, -0.15) is 0 Å². The Kier molecular flexibility index (Phi) is 3.32. The third-order valence-electron chi connectivity index (χ3n) is 2.98. The number of carbonyl (C=O) groups excluding carboxylic acids is 1. The van der Waals surface area contributed by atoms with Crippen molar-refractivity contribution in [2.24, 2.45) is 7.05 Å². The highest BCUT2D eigenvalue weighted by Crippen LogP contribution is 2.15. The largest absolute Gasteiger partial charge is 0.399 e. The highest BCUT2D eigenvalue weighted by atomic mass is 16.1. The van der Waals surface area contributed by atoms with Gasteiger partial charge in [0.1, 0.15) is 5.69 Å². The van der Waals surface area contributed by atoms with Crippen LogP contribution in [-0.2, 0) is 13.6 Å². The average Bonchev–Trinajstić information content (AvgIpc) is 2.77. The minimum absolute atomic E-state index is 0.142. The molecule has 0 saturated carbocycles. The second kappa shape index (κ2) is 4.91. The fourth-order valence-corrected chi connectivity index (χ4v) is 1.74. The summed E-state index contributed by atoms with van der Waals surface area (Å²) in [4.78, 5) is 15.8. The number of amides is 1. The Morgan fingerprint density at radius 1 is 1.50 bits per heavy atom. The van der Waals surface area contributed by atoms with Crippen LogP contribution in [0.3, 0.4) is 0 Å². The van der Waals surface area contributed by atoms with Gasteiger partial charge in [0.2, 0.25) is 0 Å². The second-order valence-corrected chi connectivity index (χ2v) is 4.20. The van der Waals surface area contributed by atoms with E-state index in [1.807, 2.05) is 25.1 Å². The lowest BCUT2D eigenvalue weighted by molar-refractivity contribution is 0.0942. The normalized spacial score (nSPS) is 10.3. The minimum atomic E-state index is -0.142. The van der Waals surface area contributed by atoms with Crippen molar-refractivity contribution in [1.82, 2.24) is 14.9 Å². The van der Waals surface area contributed by atoms with Gasteiger partial charge in [-0.3, -0.25) is 4.79 Å². The molecule has 0 unspecified atom stereocenters. The van der Waals surface area contributed by atoms with Gasteiger partial charge < -0.3 is 15.6 Å². The zero-order chi connectivity index (χ0) is 13.1. The molecule has 0 aliphatic rings. The molecule has 0 aliphatic carbocycles. The number of nitrogen functional groups attached to an aromatic ring is 1. The van der Waals surface area contributed by atoms with Crippen molar-refractivity contribution >= 4 is 11.6 Å². The van der Waals surface area contributed by atoms with Crippen LogP contribution in [0.5, 0.6) is 0 Å². The van der Waals surface area contributed by atoms with Gasteiger partial charge >= 0.3 is 0 Å². The monoisotopic (exact) mass is 244 g/mol. The van der Waals surface area contributed by atoms with Crippen LogP contribution in [0, 0.1) is 6.92 Å². The van der Waals surface area contributed by atoms with Gasteiger partial charge in [0.05, 0.1) is 12.5 Å². The van der Waals surface area contributed by atoms with Gasteiger partial charge in [-0.25, -0.2) is 4.98 Å². The molecule has 0 bridgehead atoms. The Hall–Kier alpha value is -2.30. The summed E-state index contributed by atoms with van der Waals surface area (Å²) in [5.41, 5.74) is 9.12. The van der Waals surface area contributed by atoms with E-state index in [0.29, 0.717) is 12.2 Å². The number of aromatic nitrogens is 2. The van der Waals surface area contributed by atoms with E-state index in [-0.39, 0.29) is 5.91 Å². The van der Waals surface area contributed by atoms with Crippen molar-refractivity contribution in [1.29, 1.82) is 0 Å². The summed E-state index contributed by atoms with van der Waals surface area (Å²) in [6.07, 6.45) is 3.14. The fourth-order valence-electron chi connectivity index (χ4n) is 1.74. The van der Waals surface area contributed by atoms with E-state index >= 15 is 0 Å². The number of nitrogens with zero attached hydrogens (tertiary/aromatic N) is 2. The SMILES string of the molecule is Cc1c(N)cccc1CNC(=O)c1cncn1C. The number of rotatable bonds is 3. The third-order valence-corrected chi connectivity index (χ3v) is 2.98. The summed E-state index contributed by atoms with van der Waals surface area (Å²) in [6.45, 7) is 2.40. The zero-order valence-corrected chi connectivity index (χ0v) is 10.5. The smallest absolute Gasteiger partial charge is 0.269 e. The lowest BCUT2D eigenvalue weighted by atomic mass is 10.1. The molecule has 0 spiro atoms. The molecule has 5 heteroatoms. The third kappa shape index (κ3) is 2.34. The molecule has 0 radical (unpaired) electrons. The number of aryl methyl sites for hydroxylation is 1. The molecule has 0 saturated heterocycles. The van der Waals surface area contributed by atoms with E-state index < -0.39 is 0 Å². The zero-order valence-electron chi connectivity index (χ0n) is 10.5. The molecule has 0 aliphatic heterocycles. The molecular weight excluding hydrogens is 228 g/mol. The molecule has 1 aromatic carbocycles. The molecule has 1 aromatic heterocycles. The van der Waals surface area contributed by atoms with E-state index in [1.165, 1.54) is 0 Å². The summed E-state index contributed by atoms with van der Waals surface area (Å²) in [6, 6.07) is 5.69. The molecule has 94 valence electrons. The highest BCUT2D eigenvalue weighted by molar-refractivity contribution is 5.92. The van der Waals surface area contributed by atoms with Gasteiger partial charge in [0, 0.05) is 19.3 Å². The highest BCUT2D eigenvalue weighted by Gasteiger charge is 2.10. The van der Waals surface area contributed by atoms with Gasteiger partial charge in [0.15, 0.2) is 0 Å². The predicted molar refractivity (Wildman–Crippen MR) is 70.0 cm³/mol. The molecule has 1 heterocycles. The van der Waals surface area contributed by atoms with Gasteiger partial charge in [-0.15, -0.1) is 0 Å². The average molecular weight is 244 g/mol. The second-order valence-electron chi connectivity index (χ2n) is 4.20. The van der Waals surface area contributed by atoms with Crippen molar-refractivity contribution < 1.29 is 4.79 Å². The molecular formula is C13H16N4O. The van der Waals surface area contributed by atoms with Crippen molar-refractivity contribution in [3.05, 3.63) is 47.5 Å². The van der Waals surface area contributed by atoms with Crippen molar-refractivity contribution in [3.8, 4) is 0 Å². The van der Waals surface area contributed by atoms with Crippen LogP contribution in [-0.4, -0.2) is 15.5 Å². The summed E-state index contributed by atoms with van der Waals surface area (Å²) < 4.78 is 1.68. The molecule has 18 heavy (non-hydrogen) atoms. The van der Waals surface area contributed by atoms with Gasteiger partial charge in [-0.1, -0.05) is 12.1 Å². The van der Waals surface area contributed by atoms with E-state index in [4.69, 9.17) is 5.73 Å². The topological polar surface area (TPSA) is 72.9 Å². The summed E-state index contributed by atoms with van der Waals surface area (Å²) in [5, 5.41) is 2.85. The van der Waals surface area contributed by atoms with Gasteiger partial charge in [0.25, 0.3) is 5.91 Å². The number of hydrogen-bond donors (Lipinski definition) is 2. The maximum atomic E-state index is 11.9. The Morgan fingerprint density at radius 2 is 2.28 bits per heavy atom. The predicted octanol–water partition coefficient (Wildman–Crippen LogP) is 1.24. The number of carbonyl (C=O) groups is 1. The van der Waals surface area contributed by atoms with Crippen molar-refractivity contribution in [2.75, 3.05) is 5.73 Å². The first-order valence-corrected chi connectivity index (χ1v) is 5.68. The maximum absolute atomic E-state index is 11.9. The van der Waals surface area contributed by atoms with Crippen LogP contribution in [0.1, 0.15) is 21.6 Å². The molecule has 1 amide bonds. The summed E-state index contributed by atoms with van der Waals surface area (Å²) in [7, 11) is 1.79. The standard InChI is InChI=1S/C13H16N4O/c1-9-10(4-3-5-11(9)14)6-16-13(18)12-7-15-8-17(12)2/h3-5,7-8H,6,14H2,1-2H3,(H,16,18). The summed E-state index contributed by atoms with van der Waals surface area (Å²) in [5.74, 6) is -0.142. The van der Waals surface area contributed by atoms with E-state index in [2.05, 4.69) is 10.3 Å². The van der Waals surface area contributed by atoms with Gasteiger partial charge in [-0.05, 0) is 24.1 Å². The van der Waals surface area contributed by atoms with E-state index in [0.717, 1.165) is 16.8 Å². The Balaban J connectivity index is 2.06. The van der Waals surface area contributed by atoms with Crippen LogP contribution in [0.4, 0.5) is 5.69 Å². The quantitative estimate of drug-likeness (QED) is 0.798. The summed E-state index contributed by atoms with van der Waals surface area (Å²) >= 11 is 0. The minimum Gasteiger partial charge on any atom is -0.399 e. The number of hydrogen-bond acceptors (Lipinski definition) is 3. The van der Waals surface area contributed by atoms with Crippen LogP contribution in [0.25, 0.3) is 0 Å². The van der Waals surface area contributed by atoms with Crippen LogP contribution in [0.15, 0.2) is 30.7 Å². The molecule has 0 atom stereocenters. The Labute approximate surface area is 106 Å². The Bertz CT molecular complexity index is 574. The number of anilines is 1. The number of imidazole rings is 1. The van der Waals surface area contributed by atoms with Crippen LogP contribution >= 0.6 is 0 Å². The lowest BCUT2D eigenvalue weighted by Gasteiger charge is -2.09. The molecule has 5 nitrogen and oxygen atoms in total. The fraction of sp³-hybridized carbons (Fsp3) is 0.231. The number of nitrogens with two attached hydrogens (primary N) is 1. The first kappa shape index (κ1) is 12.2. The van der Waals surface area contributed by atoms with E-state index in [1.54, 1.807) is 24.1 Å². The first-order chi connectivity index (χ1) is 8.59. The molecule has 3 N–H and O–H groups in total. The van der Waals surface area contributed by atoms with Crippen molar-refractivity contribution in [2.45, 2.75) is 13.5 Å². The van der Waals surface area contributed by atoms with Crippen LogP contribution in [0.2, 0.25) is 0 Å². The Morgan fingerprint density at radius 3 is 2.94 bits per heavy atom. The maximum Gasteiger partial charge on any atom is 0.269 e. The molecule has 2 aromatic rings. The van der Waals surface area contributed by atoms with Crippen molar-refractivity contribution in [3.63, 3.8) is 0 Å². The number of benzene rings is 1. The molecule has 0 fully saturated rings. The first-order valence-electron chi connectivity index (χ1n) is 5.68. The van der Waals surface area contributed by atoms with E-state index in [9.17, 15) is 4.79 Å².